The summed E-state index contributed by atoms with van der Waals surface area (Å²) in [6, 6.07) is 4.91. The smallest absolute Gasteiger partial charge is 0.253 e. The maximum atomic E-state index is 11.9. The van der Waals surface area contributed by atoms with Crippen LogP contribution in [0, 0.1) is 0 Å². The van der Waals surface area contributed by atoms with Gasteiger partial charge in [0.2, 0.25) is 0 Å². The molecule has 0 unspecified atom stereocenters. The molecule has 0 fully saturated rings. The molecule has 16 heavy (non-hydrogen) atoms. The zero-order chi connectivity index (χ0) is 12.1. The molecule has 1 amide bonds. The minimum atomic E-state index is -0.0421. The van der Waals surface area contributed by atoms with E-state index >= 15 is 0 Å². The van der Waals surface area contributed by atoms with Crippen molar-refractivity contribution in [3.05, 3.63) is 33.8 Å². The maximum absolute atomic E-state index is 11.9. The Labute approximate surface area is 114 Å². The van der Waals surface area contributed by atoms with Crippen LogP contribution in [0.15, 0.2) is 18.2 Å². The standard InChI is InChI=1S/C11H12BrCl2NO/c1-15(6-2-5-12)11(16)8-3-4-9(13)10(14)7-8/h3-4,7H,2,5-6H2,1H3. The zero-order valence-corrected chi connectivity index (χ0v) is 11.9. The number of benzene rings is 1. The van der Waals surface area contributed by atoms with Gasteiger partial charge in [0.05, 0.1) is 10.0 Å². The fourth-order valence-electron chi connectivity index (χ4n) is 1.25. The summed E-state index contributed by atoms with van der Waals surface area (Å²) in [5, 5.41) is 1.74. The first-order valence-corrected chi connectivity index (χ1v) is 6.70. The Bertz CT molecular complexity index is 384. The normalized spacial score (nSPS) is 10.2. The molecule has 0 aliphatic rings. The van der Waals surface area contributed by atoms with E-state index in [1.165, 1.54) is 0 Å². The Morgan fingerprint density at radius 2 is 2.06 bits per heavy atom. The number of hydrogen-bond donors (Lipinski definition) is 0. The van der Waals surface area contributed by atoms with Crippen molar-refractivity contribution in [2.75, 3.05) is 18.9 Å². The van der Waals surface area contributed by atoms with Gasteiger partial charge in [-0.1, -0.05) is 39.1 Å². The molecule has 1 rings (SSSR count). The molecule has 0 aromatic heterocycles. The van der Waals surface area contributed by atoms with Crippen molar-refractivity contribution in [3.63, 3.8) is 0 Å². The van der Waals surface area contributed by atoms with Crippen LogP contribution in [0.4, 0.5) is 0 Å². The van der Waals surface area contributed by atoms with Crippen molar-refractivity contribution in [3.8, 4) is 0 Å². The molecular weight excluding hydrogens is 313 g/mol. The highest BCUT2D eigenvalue weighted by Crippen LogP contribution is 2.23. The summed E-state index contributed by atoms with van der Waals surface area (Å²) in [6.07, 6.45) is 0.920. The van der Waals surface area contributed by atoms with E-state index in [-0.39, 0.29) is 5.91 Å². The molecule has 0 N–H and O–H groups in total. The predicted molar refractivity (Wildman–Crippen MR) is 71.8 cm³/mol. The van der Waals surface area contributed by atoms with Crippen LogP contribution in [0.25, 0.3) is 0 Å². The van der Waals surface area contributed by atoms with Crippen LogP contribution in [0.5, 0.6) is 0 Å². The van der Waals surface area contributed by atoms with Gasteiger partial charge < -0.3 is 4.90 Å². The van der Waals surface area contributed by atoms with E-state index in [0.29, 0.717) is 22.2 Å². The summed E-state index contributed by atoms with van der Waals surface area (Å²) in [5.41, 5.74) is 0.562. The Kier molecular flexibility index (Phi) is 5.59. The number of alkyl halides is 1. The van der Waals surface area contributed by atoms with Crippen molar-refractivity contribution >= 4 is 45.0 Å². The minimum Gasteiger partial charge on any atom is -0.342 e. The first kappa shape index (κ1) is 13.8. The fraction of sp³-hybridized carbons (Fsp3) is 0.364. The molecule has 1 aromatic carbocycles. The quantitative estimate of drug-likeness (QED) is 0.770. The molecule has 0 atom stereocenters. The molecule has 2 nitrogen and oxygen atoms in total. The molecule has 0 saturated heterocycles. The molecule has 0 radical (unpaired) electrons. The van der Waals surface area contributed by atoms with Crippen LogP contribution in [0.1, 0.15) is 16.8 Å². The molecule has 0 saturated carbocycles. The van der Waals surface area contributed by atoms with Gasteiger partial charge in [0.1, 0.15) is 0 Å². The second-order valence-corrected chi connectivity index (χ2v) is 5.01. The van der Waals surface area contributed by atoms with Crippen LogP contribution < -0.4 is 0 Å². The van der Waals surface area contributed by atoms with Gasteiger partial charge in [-0.15, -0.1) is 0 Å². The lowest BCUT2D eigenvalue weighted by molar-refractivity contribution is 0.0795. The summed E-state index contributed by atoms with van der Waals surface area (Å²) in [4.78, 5) is 13.6. The third-order valence-corrected chi connectivity index (χ3v) is 3.44. The third kappa shape index (κ3) is 3.65. The number of nitrogens with zero attached hydrogens (tertiary/aromatic N) is 1. The van der Waals surface area contributed by atoms with Crippen molar-refractivity contribution in [1.82, 2.24) is 4.90 Å². The van der Waals surface area contributed by atoms with Gasteiger partial charge in [0.15, 0.2) is 0 Å². The highest BCUT2D eigenvalue weighted by atomic mass is 79.9. The second-order valence-electron chi connectivity index (χ2n) is 3.40. The van der Waals surface area contributed by atoms with Gasteiger partial charge in [-0.3, -0.25) is 4.79 Å². The van der Waals surface area contributed by atoms with Crippen molar-refractivity contribution in [2.24, 2.45) is 0 Å². The van der Waals surface area contributed by atoms with Gasteiger partial charge >= 0.3 is 0 Å². The van der Waals surface area contributed by atoms with Gasteiger partial charge in [-0.25, -0.2) is 0 Å². The predicted octanol–water partition coefficient (Wildman–Crippen LogP) is 3.85. The molecule has 0 bridgehead atoms. The SMILES string of the molecule is CN(CCCBr)C(=O)c1ccc(Cl)c(Cl)c1. The fourth-order valence-corrected chi connectivity index (χ4v) is 1.80. The average Bonchev–Trinajstić information content (AvgIpc) is 2.28. The Hall–Kier alpha value is -0.250. The first-order chi connectivity index (χ1) is 7.56. The van der Waals surface area contributed by atoms with E-state index in [9.17, 15) is 4.79 Å². The van der Waals surface area contributed by atoms with Gasteiger partial charge in [0, 0.05) is 24.5 Å². The Morgan fingerprint density at radius 1 is 1.38 bits per heavy atom. The Morgan fingerprint density at radius 3 is 2.62 bits per heavy atom. The number of rotatable bonds is 4. The van der Waals surface area contributed by atoms with E-state index in [2.05, 4.69) is 15.9 Å². The monoisotopic (exact) mass is 323 g/mol. The van der Waals surface area contributed by atoms with Crippen LogP contribution in [0.3, 0.4) is 0 Å². The maximum Gasteiger partial charge on any atom is 0.253 e. The number of halogens is 3. The summed E-state index contributed by atoms with van der Waals surface area (Å²) < 4.78 is 0. The topological polar surface area (TPSA) is 20.3 Å². The number of amides is 1. The van der Waals surface area contributed by atoms with E-state index < -0.39 is 0 Å². The summed E-state index contributed by atoms with van der Waals surface area (Å²) in [5.74, 6) is -0.0421. The van der Waals surface area contributed by atoms with Crippen LogP contribution >= 0.6 is 39.1 Å². The molecule has 0 heterocycles. The molecular formula is C11H12BrCl2NO. The highest BCUT2D eigenvalue weighted by molar-refractivity contribution is 9.09. The number of carbonyl (C=O) groups is 1. The van der Waals surface area contributed by atoms with Crippen molar-refractivity contribution < 1.29 is 4.79 Å². The van der Waals surface area contributed by atoms with E-state index in [4.69, 9.17) is 23.2 Å². The largest absolute Gasteiger partial charge is 0.342 e. The molecule has 0 aliphatic carbocycles. The third-order valence-electron chi connectivity index (χ3n) is 2.14. The second kappa shape index (κ2) is 6.48. The molecule has 0 aliphatic heterocycles. The lowest BCUT2D eigenvalue weighted by Crippen LogP contribution is -2.27. The summed E-state index contributed by atoms with van der Waals surface area (Å²) >= 11 is 15.0. The molecule has 0 spiro atoms. The first-order valence-electron chi connectivity index (χ1n) is 4.82. The Balaban J connectivity index is 2.76. The average molecular weight is 325 g/mol. The minimum absolute atomic E-state index is 0.0421. The van der Waals surface area contributed by atoms with Crippen LogP contribution in [0.2, 0.25) is 10.0 Å². The highest BCUT2D eigenvalue weighted by Gasteiger charge is 2.12. The molecule has 1 aromatic rings. The van der Waals surface area contributed by atoms with Crippen molar-refractivity contribution in [2.45, 2.75) is 6.42 Å². The van der Waals surface area contributed by atoms with Crippen LogP contribution in [-0.2, 0) is 0 Å². The zero-order valence-electron chi connectivity index (χ0n) is 8.84. The van der Waals surface area contributed by atoms with Gasteiger partial charge in [-0.2, -0.15) is 0 Å². The lowest BCUT2D eigenvalue weighted by atomic mass is 10.2. The van der Waals surface area contributed by atoms with E-state index in [0.717, 1.165) is 11.8 Å². The van der Waals surface area contributed by atoms with Gasteiger partial charge in [0.25, 0.3) is 5.91 Å². The number of hydrogen-bond acceptors (Lipinski definition) is 1. The van der Waals surface area contributed by atoms with E-state index in [1.54, 1.807) is 30.1 Å². The molecule has 88 valence electrons. The summed E-state index contributed by atoms with van der Waals surface area (Å²) in [6.45, 7) is 0.713. The van der Waals surface area contributed by atoms with Gasteiger partial charge in [-0.05, 0) is 24.6 Å². The lowest BCUT2D eigenvalue weighted by Gasteiger charge is -2.16. The van der Waals surface area contributed by atoms with Crippen molar-refractivity contribution in [1.29, 1.82) is 0 Å². The molecule has 5 heteroatoms. The summed E-state index contributed by atoms with van der Waals surface area (Å²) in [7, 11) is 1.77. The van der Waals surface area contributed by atoms with E-state index in [1.807, 2.05) is 0 Å². The van der Waals surface area contributed by atoms with Crippen LogP contribution in [-0.4, -0.2) is 29.7 Å². The number of carbonyl (C=O) groups excluding carboxylic acids is 1.